The smallest absolute Gasteiger partial charge is 0.142 e. The van der Waals surface area contributed by atoms with Crippen LogP contribution in [0.15, 0.2) is 29.5 Å². The fourth-order valence-electron chi connectivity index (χ4n) is 1.11. The monoisotopic (exact) mass is 190 g/mol. The van der Waals surface area contributed by atoms with Gasteiger partial charge in [0.1, 0.15) is 12.0 Å². The number of allylic oxidation sites excluding steroid dienone is 1. The minimum Gasteiger partial charge on any atom is -0.388 e. The Balaban J connectivity index is 3.10. The van der Waals surface area contributed by atoms with Crippen molar-refractivity contribution in [2.75, 3.05) is 12.4 Å². The van der Waals surface area contributed by atoms with Gasteiger partial charge in [-0.25, -0.2) is 0 Å². The van der Waals surface area contributed by atoms with E-state index in [0.29, 0.717) is 12.0 Å². The Labute approximate surface area is 81.6 Å². The SMILES string of the molecule is CNc1cc(N=O)ccc1/C=C\C=O. The molecule has 0 spiro atoms. The van der Waals surface area contributed by atoms with Crippen molar-refractivity contribution in [2.24, 2.45) is 5.18 Å². The van der Waals surface area contributed by atoms with Gasteiger partial charge in [0.25, 0.3) is 0 Å². The summed E-state index contributed by atoms with van der Waals surface area (Å²) in [6.45, 7) is 0. The molecule has 0 saturated heterocycles. The average Bonchev–Trinajstić information content (AvgIpc) is 2.26. The first kappa shape index (κ1) is 10.1. The second-order valence-corrected chi connectivity index (χ2v) is 2.61. The second kappa shape index (κ2) is 4.91. The Bertz CT molecular complexity index is 372. The van der Waals surface area contributed by atoms with Crippen LogP contribution in [0.5, 0.6) is 0 Å². The highest BCUT2D eigenvalue weighted by Gasteiger charge is 1.99. The molecule has 72 valence electrons. The van der Waals surface area contributed by atoms with Gasteiger partial charge in [0, 0.05) is 12.7 Å². The third-order valence-electron chi connectivity index (χ3n) is 1.77. The lowest BCUT2D eigenvalue weighted by Gasteiger charge is -2.04. The minimum absolute atomic E-state index is 0.359. The maximum atomic E-state index is 10.2. The quantitative estimate of drug-likeness (QED) is 0.450. The van der Waals surface area contributed by atoms with Crippen LogP contribution >= 0.6 is 0 Å². The number of hydrogen-bond acceptors (Lipinski definition) is 4. The predicted octanol–water partition coefficient (Wildman–Crippen LogP) is 2.34. The number of nitrogens with one attached hydrogen (secondary N) is 1. The van der Waals surface area contributed by atoms with E-state index in [1.54, 1.807) is 31.3 Å². The van der Waals surface area contributed by atoms with Gasteiger partial charge in [-0.3, -0.25) is 4.79 Å². The molecule has 0 bridgehead atoms. The van der Waals surface area contributed by atoms with Crippen LogP contribution in [0.3, 0.4) is 0 Å². The molecule has 0 aliphatic rings. The Morgan fingerprint density at radius 2 is 2.21 bits per heavy atom. The highest BCUT2D eigenvalue weighted by Crippen LogP contribution is 2.23. The normalized spacial score (nSPS) is 10.1. The van der Waals surface area contributed by atoms with Gasteiger partial charge in [0.05, 0.1) is 0 Å². The standard InChI is InChI=1S/C10H10N2O2/c1-11-10-7-9(12-14)5-4-8(10)3-2-6-13/h2-7,11H,1H3/b3-2-. The van der Waals surface area contributed by atoms with Crippen LogP contribution in [0.4, 0.5) is 11.4 Å². The number of nitrogens with zero attached hydrogens (tertiary/aromatic N) is 1. The predicted molar refractivity (Wildman–Crippen MR) is 56.5 cm³/mol. The van der Waals surface area contributed by atoms with Crippen LogP contribution in [0.1, 0.15) is 5.56 Å². The van der Waals surface area contributed by atoms with E-state index in [1.165, 1.54) is 6.08 Å². The van der Waals surface area contributed by atoms with Crippen LogP contribution in [0, 0.1) is 4.91 Å². The van der Waals surface area contributed by atoms with Crippen LogP contribution in [0.2, 0.25) is 0 Å². The third kappa shape index (κ3) is 2.26. The van der Waals surface area contributed by atoms with Gasteiger partial charge in [-0.2, -0.15) is 0 Å². The van der Waals surface area contributed by atoms with Crippen molar-refractivity contribution in [1.82, 2.24) is 0 Å². The molecule has 14 heavy (non-hydrogen) atoms. The van der Waals surface area contributed by atoms with E-state index in [1.807, 2.05) is 0 Å². The molecule has 0 amide bonds. The van der Waals surface area contributed by atoms with Crippen molar-refractivity contribution in [1.29, 1.82) is 0 Å². The number of benzene rings is 1. The summed E-state index contributed by atoms with van der Waals surface area (Å²) in [7, 11) is 1.74. The van der Waals surface area contributed by atoms with Gasteiger partial charge in [-0.15, -0.1) is 4.91 Å². The summed E-state index contributed by atoms with van der Waals surface area (Å²) in [6, 6.07) is 4.94. The Morgan fingerprint density at radius 1 is 1.43 bits per heavy atom. The summed E-state index contributed by atoms with van der Waals surface area (Å²) in [5.41, 5.74) is 1.96. The molecule has 0 aromatic heterocycles. The molecule has 0 radical (unpaired) electrons. The lowest BCUT2D eigenvalue weighted by atomic mass is 10.1. The number of nitroso groups, excluding NO2 is 1. The highest BCUT2D eigenvalue weighted by molar-refractivity contribution is 5.78. The van der Waals surface area contributed by atoms with E-state index in [2.05, 4.69) is 10.5 Å². The van der Waals surface area contributed by atoms with E-state index in [-0.39, 0.29) is 0 Å². The zero-order chi connectivity index (χ0) is 10.4. The van der Waals surface area contributed by atoms with Crippen LogP contribution < -0.4 is 5.32 Å². The zero-order valence-electron chi connectivity index (χ0n) is 7.73. The molecule has 4 heteroatoms. The maximum absolute atomic E-state index is 10.2. The van der Waals surface area contributed by atoms with Gasteiger partial charge >= 0.3 is 0 Å². The molecule has 0 unspecified atom stereocenters. The molecule has 0 saturated carbocycles. The molecule has 1 rings (SSSR count). The number of aldehydes is 1. The zero-order valence-corrected chi connectivity index (χ0v) is 7.73. The first-order valence-electron chi connectivity index (χ1n) is 4.09. The summed E-state index contributed by atoms with van der Waals surface area (Å²) in [5.74, 6) is 0. The van der Waals surface area contributed by atoms with Gasteiger partial charge in [-0.1, -0.05) is 6.07 Å². The van der Waals surface area contributed by atoms with Crippen molar-refractivity contribution in [3.05, 3.63) is 34.7 Å². The molecule has 0 fully saturated rings. The Kier molecular flexibility index (Phi) is 3.55. The number of rotatable bonds is 4. The summed E-state index contributed by atoms with van der Waals surface area (Å²) < 4.78 is 0. The lowest BCUT2D eigenvalue weighted by Crippen LogP contribution is -1.90. The van der Waals surface area contributed by atoms with Gasteiger partial charge in [-0.05, 0) is 35.0 Å². The van der Waals surface area contributed by atoms with E-state index in [9.17, 15) is 9.70 Å². The average molecular weight is 190 g/mol. The lowest BCUT2D eigenvalue weighted by molar-refractivity contribution is -0.104. The number of carbonyl (C=O) groups is 1. The molecule has 0 aliphatic heterocycles. The molecule has 0 atom stereocenters. The molecule has 1 aromatic carbocycles. The topological polar surface area (TPSA) is 58.5 Å². The molecular formula is C10H10N2O2. The van der Waals surface area contributed by atoms with Crippen molar-refractivity contribution in [3.63, 3.8) is 0 Å². The molecule has 0 aliphatic carbocycles. The summed E-state index contributed by atoms with van der Waals surface area (Å²) in [5, 5.41) is 5.73. The van der Waals surface area contributed by atoms with E-state index >= 15 is 0 Å². The van der Waals surface area contributed by atoms with Crippen molar-refractivity contribution >= 4 is 23.7 Å². The largest absolute Gasteiger partial charge is 0.388 e. The first-order valence-corrected chi connectivity index (χ1v) is 4.09. The fourth-order valence-corrected chi connectivity index (χ4v) is 1.11. The molecule has 4 nitrogen and oxygen atoms in total. The maximum Gasteiger partial charge on any atom is 0.142 e. The van der Waals surface area contributed by atoms with E-state index in [4.69, 9.17) is 0 Å². The Morgan fingerprint density at radius 3 is 2.79 bits per heavy atom. The van der Waals surface area contributed by atoms with Crippen molar-refractivity contribution in [2.45, 2.75) is 0 Å². The highest BCUT2D eigenvalue weighted by atomic mass is 16.3. The second-order valence-electron chi connectivity index (χ2n) is 2.61. The number of carbonyl (C=O) groups excluding carboxylic acids is 1. The minimum atomic E-state index is 0.359. The van der Waals surface area contributed by atoms with Gasteiger partial charge in [0.15, 0.2) is 0 Å². The molecule has 1 aromatic rings. The van der Waals surface area contributed by atoms with Crippen LogP contribution in [0.25, 0.3) is 6.08 Å². The molecular weight excluding hydrogens is 180 g/mol. The molecule has 1 N–H and O–H groups in total. The summed E-state index contributed by atoms with van der Waals surface area (Å²) in [4.78, 5) is 20.4. The fraction of sp³-hybridized carbons (Fsp3) is 0.100. The summed E-state index contributed by atoms with van der Waals surface area (Å²) >= 11 is 0. The third-order valence-corrected chi connectivity index (χ3v) is 1.77. The van der Waals surface area contributed by atoms with Crippen LogP contribution in [-0.4, -0.2) is 13.3 Å². The van der Waals surface area contributed by atoms with Crippen molar-refractivity contribution in [3.8, 4) is 0 Å². The Hall–Kier alpha value is -1.97. The van der Waals surface area contributed by atoms with Crippen molar-refractivity contribution < 1.29 is 4.79 Å². The van der Waals surface area contributed by atoms with E-state index < -0.39 is 0 Å². The first-order chi connectivity index (χ1) is 6.81. The van der Waals surface area contributed by atoms with Gasteiger partial charge in [0.2, 0.25) is 0 Å². The number of anilines is 1. The summed E-state index contributed by atoms with van der Waals surface area (Å²) in [6.07, 6.45) is 3.75. The van der Waals surface area contributed by atoms with Crippen LogP contribution in [-0.2, 0) is 4.79 Å². The van der Waals surface area contributed by atoms with Gasteiger partial charge < -0.3 is 5.32 Å². The number of hydrogen-bond donors (Lipinski definition) is 1. The van der Waals surface area contributed by atoms with E-state index in [0.717, 1.165) is 11.3 Å². The molecule has 0 heterocycles.